The molecule has 0 unspecified atom stereocenters. The summed E-state index contributed by atoms with van der Waals surface area (Å²) < 4.78 is 13.4. The van der Waals surface area contributed by atoms with Crippen LogP contribution in [0.4, 0.5) is 22.0 Å². The van der Waals surface area contributed by atoms with Crippen LogP contribution >= 0.6 is 0 Å². The number of nitrogen functional groups attached to an aromatic ring is 1. The lowest BCUT2D eigenvalue weighted by Crippen LogP contribution is -2.12. The Kier molecular flexibility index (Phi) is 4.58. The molecule has 0 aliphatic carbocycles. The monoisotopic (exact) mass is 377 g/mol. The maximum Gasteiger partial charge on any atom is 0.232 e. The van der Waals surface area contributed by atoms with Crippen molar-refractivity contribution >= 4 is 17.6 Å². The summed E-state index contributed by atoms with van der Waals surface area (Å²) in [5, 5.41) is 15.4. The first kappa shape index (κ1) is 17.5. The fourth-order valence-corrected chi connectivity index (χ4v) is 2.55. The van der Waals surface area contributed by atoms with E-state index in [0.717, 1.165) is 5.69 Å². The number of aryl methyl sites for hydroxylation is 1. The van der Waals surface area contributed by atoms with E-state index in [-0.39, 0.29) is 18.3 Å². The molecule has 0 saturated carbocycles. The SMILES string of the molecule is Cc1cc(-c2nnn(Cc3nc(N)nc(Nc4ccccc4)n3)n2)ccc1F. The minimum absolute atomic E-state index is 0.0814. The van der Waals surface area contributed by atoms with Crippen LogP contribution in [0.5, 0.6) is 0 Å². The van der Waals surface area contributed by atoms with Crippen molar-refractivity contribution in [1.29, 1.82) is 0 Å². The molecule has 28 heavy (non-hydrogen) atoms. The number of anilines is 3. The van der Waals surface area contributed by atoms with Gasteiger partial charge in [-0.25, -0.2) is 4.39 Å². The normalized spacial score (nSPS) is 10.8. The minimum atomic E-state index is -0.282. The van der Waals surface area contributed by atoms with Crippen LogP contribution in [0, 0.1) is 12.7 Å². The average Bonchev–Trinajstić information content (AvgIpc) is 3.13. The van der Waals surface area contributed by atoms with Crippen LogP contribution < -0.4 is 11.1 Å². The second kappa shape index (κ2) is 7.35. The molecule has 2 heterocycles. The zero-order chi connectivity index (χ0) is 19.5. The maximum atomic E-state index is 13.4. The first-order valence-corrected chi connectivity index (χ1v) is 8.44. The van der Waals surface area contributed by atoms with Crippen LogP contribution in [0.25, 0.3) is 11.4 Å². The molecule has 3 N–H and O–H groups in total. The van der Waals surface area contributed by atoms with Gasteiger partial charge in [-0.3, -0.25) is 0 Å². The number of hydrogen-bond donors (Lipinski definition) is 2. The molecule has 0 aliphatic rings. The second-order valence-corrected chi connectivity index (χ2v) is 6.03. The van der Waals surface area contributed by atoms with E-state index < -0.39 is 0 Å². The first-order valence-electron chi connectivity index (χ1n) is 8.44. The third-order valence-corrected chi connectivity index (χ3v) is 3.88. The molecule has 0 atom stereocenters. The number of nitrogens with two attached hydrogens (primary N) is 1. The quantitative estimate of drug-likeness (QED) is 0.544. The van der Waals surface area contributed by atoms with Gasteiger partial charge >= 0.3 is 0 Å². The Bertz CT molecular complexity index is 1110. The molecule has 2 aromatic heterocycles. The highest BCUT2D eigenvalue weighted by atomic mass is 19.1. The zero-order valence-electron chi connectivity index (χ0n) is 14.9. The van der Waals surface area contributed by atoms with Crippen molar-refractivity contribution in [1.82, 2.24) is 35.2 Å². The van der Waals surface area contributed by atoms with E-state index in [1.165, 1.54) is 10.9 Å². The van der Waals surface area contributed by atoms with Gasteiger partial charge in [-0.15, -0.1) is 10.2 Å². The molecule has 0 spiro atoms. The van der Waals surface area contributed by atoms with Crippen molar-refractivity contribution in [3.8, 4) is 11.4 Å². The second-order valence-electron chi connectivity index (χ2n) is 6.03. The summed E-state index contributed by atoms with van der Waals surface area (Å²) in [6.07, 6.45) is 0. The van der Waals surface area contributed by atoms with Gasteiger partial charge in [0.1, 0.15) is 12.4 Å². The lowest BCUT2D eigenvalue weighted by atomic mass is 10.1. The van der Waals surface area contributed by atoms with Crippen LogP contribution in [-0.4, -0.2) is 35.2 Å². The lowest BCUT2D eigenvalue weighted by Gasteiger charge is -2.06. The van der Waals surface area contributed by atoms with Crippen molar-refractivity contribution in [2.45, 2.75) is 13.5 Å². The van der Waals surface area contributed by atoms with E-state index in [1.807, 2.05) is 30.3 Å². The highest BCUT2D eigenvalue weighted by Gasteiger charge is 2.11. The molecule has 0 saturated heterocycles. The van der Waals surface area contributed by atoms with Crippen molar-refractivity contribution in [2.24, 2.45) is 0 Å². The van der Waals surface area contributed by atoms with Crippen LogP contribution in [0.3, 0.4) is 0 Å². The molecule has 4 aromatic rings. The largest absolute Gasteiger partial charge is 0.368 e. The Morgan fingerprint density at radius 3 is 2.68 bits per heavy atom. The molecular weight excluding hydrogens is 361 g/mol. The summed E-state index contributed by atoms with van der Waals surface area (Å²) in [6.45, 7) is 1.83. The highest BCUT2D eigenvalue weighted by molar-refractivity contribution is 5.55. The molecule has 9 nitrogen and oxygen atoms in total. The average molecular weight is 377 g/mol. The van der Waals surface area contributed by atoms with E-state index in [4.69, 9.17) is 5.73 Å². The summed E-state index contributed by atoms with van der Waals surface area (Å²) in [7, 11) is 0. The van der Waals surface area contributed by atoms with Gasteiger partial charge in [-0.1, -0.05) is 18.2 Å². The standard InChI is InChI=1S/C18H16FN9/c1-11-9-12(7-8-14(11)19)16-25-27-28(26-16)10-15-22-17(20)24-18(23-15)21-13-5-3-2-4-6-13/h2-9H,10H2,1H3,(H3,20,21,22,23,24). The Hall–Kier alpha value is -3.95. The van der Waals surface area contributed by atoms with Gasteiger partial charge in [0.25, 0.3) is 0 Å². The van der Waals surface area contributed by atoms with E-state index in [2.05, 4.69) is 35.7 Å². The Balaban J connectivity index is 1.54. The van der Waals surface area contributed by atoms with Gasteiger partial charge in [0.05, 0.1) is 0 Å². The predicted octanol–water partition coefficient (Wildman–Crippen LogP) is 2.35. The van der Waals surface area contributed by atoms with Crippen molar-refractivity contribution in [3.05, 3.63) is 65.7 Å². The van der Waals surface area contributed by atoms with Crippen LogP contribution in [0.1, 0.15) is 11.4 Å². The third-order valence-electron chi connectivity index (χ3n) is 3.88. The highest BCUT2D eigenvalue weighted by Crippen LogP contribution is 2.18. The van der Waals surface area contributed by atoms with E-state index in [9.17, 15) is 4.39 Å². The minimum Gasteiger partial charge on any atom is -0.368 e. The molecular formula is C18H16FN9. The number of halogens is 1. The number of tetrazole rings is 1. The molecule has 0 amide bonds. The number of aromatic nitrogens is 7. The number of nitrogens with zero attached hydrogens (tertiary/aromatic N) is 7. The summed E-state index contributed by atoms with van der Waals surface area (Å²) in [4.78, 5) is 13.9. The Labute approximate surface area is 159 Å². The number of nitrogens with one attached hydrogen (secondary N) is 1. The number of rotatable bonds is 5. The molecule has 4 rings (SSSR count). The fourth-order valence-electron chi connectivity index (χ4n) is 2.55. The number of para-hydroxylation sites is 1. The predicted molar refractivity (Wildman–Crippen MR) is 101 cm³/mol. The van der Waals surface area contributed by atoms with Crippen molar-refractivity contribution < 1.29 is 4.39 Å². The third kappa shape index (κ3) is 3.90. The van der Waals surface area contributed by atoms with Gasteiger partial charge in [0, 0.05) is 11.3 Å². The molecule has 0 bridgehead atoms. The molecule has 0 radical (unpaired) electrons. The molecule has 0 fully saturated rings. The van der Waals surface area contributed by atoms with Gasteiger partial charge in [-0.2, -0.15) is 19.7 Å². The Morgan fingerprint density at radius 1 is 1.07 bits per heavy atom. The molecule has 2 aromatic carbocycles. The molecule has 10 heteroatoms. The van der Waals surface area contributed by atoms with Crippen molar-refractivity contribution in [2.75, 3.05) is 11.1 Å². The first-order chi connectivity index (χ1) is 13.6. The van der Waals surface area contributed by atoms with E-state index in [0.29, 0.717) is 28.7 Å². The van der Waals surface area contributed by atoms with E-state index in [1.54, 1.807) is 19.1 Å². The van der Waals surface area contributed by atoms with Gasteiger partial charge in [-0.05, 0) is 48.0 Å². The van der Waals surface area contributed by atoms with Crippen molar-refractivity contribution in [3.63, 3.8) is 0 Å². The summed E-state index contributed by atoms with van der Waals surface area (Å²) in [5.74, 6) is 0.884. The zero-order valence-corrected chi connectivity index (χ0v) is 14.9. The fraction of sp³-hybridized carbons (Fsp3) is 0.111. The maximum absolute atomic E-state index is 13.4. The van der Waals surface area contributed by atoms with E-state index >= 15 is 0 Å². The number of hydrogen-bond acceptors (Lipinski definition) is 8. The van der Waals surface area contributed by atoms with Crippen LogP contribution in [0.2, 0.25) is 0 Å². The summed E-state index contributed by atoms with van der Waals surface area (Å²) in [6, 6.07) is 14.1. The molecule has 140 valence electrons. The van der Waals surface area contributed by atoms with Gasteiger partial charge in [0.2, 0.25) is 17.7 Å². The van der Waals surface area contributed by atoms with Gasteiger partial charge in [0.15, 0.2) is 5.82 Å². The smallest absolute Gasteiger partial charge is 0.232 e. The van der Waals surface area contributed by atoms with Crippen LogP contribution in [0.15, 0.2) is 48.5 Å². The summed E-state index contributed by atoms with van der Waals surface area (Å²) >= 11 is 0. The number of benzene rings is 2. The Morgan fingerprint density at radius 2 is 1.89 bits per heavy atom. The van der Waals surface area contributed by atoms with Gasteiger partial charge < -0.3 is 11.1 Å². The van der Waals surface area contributed by atoms with Crippen LogP contribution in [-0.2, 0) is 6.54 Å². The molecule has 0 aliphatic heterocycles. The lowest BCUT2D eigenvalue weighted by molar-refractivity contribution is 0.554. The summed E-state index contributed by atoms with van der Waals surface area (Å²) in [5.41, 5.74) is 7.80. The topological polar surface area (TPSA) is 120 Å².